The molecule has 0 radical (unpaired) electrons. The van der Waals surface area contributed by atoms with E-state index in [0.717, 1.165) is 68.7 Å². The first kappa shape index (κ1) is 23.7. The highest BCUT2D eigenvalue weighted by Gasteiger charge is 2.68. The molecule has 2 N–H and O–H groups in total. The summed E-state index contributed by atoms with van der Waals surface area (Å²) in [6.45, 7) is 11.2. The number of aliphatic hydroxyl groups excluding tert-OH is 1. The highest BCUT2D eigenvalue weighted by atomic mass is 16.5. The minimum Gasteiger partial charge on any atom is -0.463 e. The van der Waals surface area contributed by atoms with E-state index in [0.29, 0.717) is 17.8 Å². The molecule has 2 heterocycles. The van der Waals surface area contributed by atoms with Crippen LogP contribution in [0.15, 0.2) is 0 Å². The number of fused-ring (bicyclic) bond motifs is 8. The Bertz CT molecular complexity index is 816. The Kier molecular flexibility index (Phi) is 5.71. The zero-order valence-electron chi connectivity index (χ0n) is 21.8. The molecule has 4 saturated carbocycles. The summed E-state index contributed by atoms with van der Waals surface area (Å²) in [6, 6.07) is 0.743. The molecule has 34 heavy (non-hydrogen) atoms. The van der Waals surface area contributed by atoms with E-state index in [2.05, 4.69) is 25.7 Å². The second-order valence-electron chi connectivity index (χ2n) is 13.9. The molecule has 4 aliphatic carbocycles. The number of carbonyl (C=O) groups excluding carboxylic acids is 1. The summed E-state index contributed by atoms with van der Waals surface area (Å²) in [5.74, 6) is 3.88. The number of hydrogen-bond acceptors (Lipinski definition) is 5. The molecule has 13 atom stereocenters. The molecule has 0 aromatic rings. The van der Waals surface area contributed by atoms with E-state index in [9.17, 15) is 15.0 Å². The van der Waals surface area contributed by atoms with Gasteiger partial charge in [-0.2, -0.15) is 0 Å². The van der Waals surface area contributed by atoms with Crippen LogP contribution in [-0.2, 0) is 9.53 Å². The highest BCUT2D eigenvalue weighted by Crippen LogP contribution is 2.68. The fourth-order valence-electron chi connectivity index (χ4n) is 10.9. The maximum absolute atomic E-state index is 12.4. The number of aliphatic hydroxyl groups is 2. The lowest BCUT2D eigenvalue weighted by atomic mass is 9.50. The third-order valence-electron chi connectivity index (χ3n) is 12.4. The maximum atomic E-state index is 12.4. The molecular formula is C29H47NO4. The van der Waals surface area contributed by atoms with Crippen LogP contribution < -0.4 is 0 Å². The fourth-order valence-corrected chi connectivity index (χ4v) is 10.9. The van der Waals surface area contributed by atoms with E-state index in [-0.39, 0.29) is 29.3 Å². The van der Waals surface area contributed by atoms with Gasteiger partial charge in [0, 0.05) is 26.1 Å². The van der Waals surface area contributed by atoms with Crippen LogP contribution in [0.3, 0.4) is 0 Å². The fraction of sp³-hybridized carbons (Fsp3) is 0.966. The van der Waals surface area contributed by atoms with Crippen molar-refractivity contribution < 1.29 is 19.7 Å². The molecule has 0 unspecified atom stereocenters. The molecule has 6 rings (SSSR count). The molecule has 5 nitrogen and oxygen atoms in total. The zero-order chi connectivity index (χ0) is 24.0. The molecule has 0 bridgehead atoms. The number of ether oxygens (including phenoxy) is 1. The summed E-state index contributed by atoms with van der Waals surface area (Å²) in [5.41, 5.74) is -0.578. The second-order valence-corrected chi connectivity index (χ2v) is 13.9. The molecule has 0 amide bonds. The molecule has 6 fully saturated rings. The maximum Gasteiger partial charge on any atom is 0.302 e. The van der Waals surface area contributed by atoms with Crippen LogP contribution in [0.25, 0.3) is 0 Å². The third-order valence-corrected chi connectivity index (χ3v) is 12.4. The largest absolute Gasteiger partial charge is 0.463 e. The molecule has 2 aliphatic heterocycles. The van der Waals surface area contributed by atoms with E-state index in [1.54, 1.807) is 0 Å². The van der Waals surface area contributed by atoms with Crippen molar-refractivity contribution in [2.45, 2.75) is 109 Å². The second kappa shape index (κ2) is 8.18. The van der Waals surface area contributed by atoms with E-state index in [1.165, 1.54) is 32.9 Å². The molecule has 192 valence electrons. The smallest absolute Gasteiger partial charge is 0.302 e. The Morgan fingerprint density at radius 3 is 2.47 bits per heavy atom. The van der Waals surface area contributed by atoms with E-state index < -0.39 is 11.7 Å². The minimum atomic E-state index is -0.610. The van der Waals surface area contributed by atoms with Crippen molar-refractivity contribution in [2.24, 2.45) is 52.8 Å². The van der Waals surface area contributed by atoms with Gasteiger partial charge in [0.15, 0.2) is 0 Å². The predicted molar refractivity (Wildman–Crippen MR) is 131 cm³/mol. The summed E-state index contributed by atoms with van der Waals surface area (Å²) in [6.07, 6.45) is 8.85. The Morgan fingerprint density at radius 2 is 1.71 bits per heavy atom. The molecule has 2 saturated heterocycles. The van der Waals surface area contributed by atoms with Gasteiger partial charge in [-0.1, -0.05) is 20.8 Å². The first-order valence-electron chi connectivity index (χ1n) is 14.4. The number of piperidine rings is 2. The molecule has 6 aliphatic rings. The van der Waals surface area contributed by atoms with E-state index in [1.807, 2.05) is 0 Å². The minimum absolute atomic E-state index is 0.0318. The lowest BCUT2D eigenvalue weighted by Crippen LogP contribution is -2.62. The van der Waals surface area contributed by atoms with Crippen LogP contribution in [0.1, 0.15) is 85.5 Å². The van der Waals surface area contributed by atoms with Gasteiger partial charge < -0.3 is 14.9 Å². The van der Waals surface area contributed by atoms with Crippen LogP contribution >= 0.6 is 0 Å². The van der Waals surface area contributed by atoms with Gasteiger partial charge >= 0.3 is 5.97 Å². The van der Waals surface area contributed by atoms with Gasteiger partial charge in [-0.3, -0.25) is 9.69 Å². The number of rotatable bonds is 1. The van der Waals surface area contributed by atoms with E-state index in [4.69, 9.17) is 4.74 Å². The predicted octanol–water partition coefficient (Wildman–Crippen LogP) is 4.25. The lowest BCUT2D eigenvalue weighted by molar-refractivity contribution is -0.182. The van der Waals surface area contributed by atoms with Gasteiger partial charge in [-0.15, -0.1) is 0 Å². The van der Waals surface area contributed by atoms with Crippen molar-refractivity contribution in [1.82, 2.24) is 4.90 Å². The van der Waals surface area contributed by atoms with Crippen molar-refractivity contribution >= 4 is 5.97 Å². The van der Waals surface area contributed by atoms with Crippen molar-refractivity contribution in [3.8, 4) is 0 Å². The average molecular weight is 474 g/mol. The standard InChI is InChI=1S/C29H47NO4/c1-16-5-6-26-17(2)20-8-10-29(33)22(21(20)15-30(26)14-16)12-23-24(29)13-27(32)25-11-19(34-18(3)31)7-9-28(23,25)4/h16-17,19-27,32-33H,5-15H2,1-4H3/t16-,17-,19-,20-,21-,22+,23+,24-,25-,26+,27-,28-,29+/m1/s1. The van der Waals surface area contributed by atoms with Gasteiger partial charge in [-0.05, 0) is 111 Å². The van der Waals surface area contributed by atoms with Gasteiger partial charge in [-0.25, -0.2) is 0 Å². The Balaban J connectivity index is 1.27. The Hall–Kier alpha value is -0.650. The van der Waals surface area contributed by atoms with Crippen molar-refractivity contribution in [2.75, 3.05) is 13.1 Å². The van der Waals surface area contributed by atoms with Crippen LogP contribution in [0.2, 0.25) is 0 Å². The summed E-state index contributed by atoms with van der Waals surface area (Å²) in [7, 11) is 0. The quantitative estimate of drug-likeness (QED) is 0.557. The Labute approximate surface area is 206 Å². The SMILES string of the molecule is CC(=O)O[C@@H]1CC[C@@]2(C)[C@H](C1)[C@H](O)C[C@@H]1[C@@H]2C[C@H]2[C@@H]3CN4C[C@H](C)CC[C@H]4[C@H](C)[C@H]3CC[C@@]12O. The number of hydrogen-bond donors (Lipinski definition) is 2. The van der Waals surface area contributed by atoms with Crippen molar-refractivity contribution in [3.63, 3.8) is 0 Å². The summed E-state index contributed by atoms with van der Waals surface area (Å²) in [5, 5.41) is 23.7. The van der Waals surface area contributed by atoms with Gasteiger partial charge in [0.05, 0.1) is 11.7 Å². The van der Waals surface area contributed by atoms with Crippen LogP contribution in [-0.4, -0.2) is 58.0 Å². The molecule has 0 aromatic carbocycles. The molecular weight excluding hydrogens is 426 g/mol. The summed E-state index contributed by atoms with van der Waals surface area (Å²) < 4.78 is 5.60. The first-order valence-corrected chi connectivity index (χ1v) is 14.4. The summed E-state index contributed by atoms with van der Waals surface area (Å²) in [4.78, 5) is 14.4. The van der Waals surface area contributed by atoms with Crippen LogP contribution in [0, 0.1) is 52.8 Å². The first-order chi connectivity index (χ1) is 16.1. The van der Waals surface area contributed by atoms with Crippen molar-refractivity contribution in [1.29, 1.82) is 0 Å². The topological polar surface area (TPSA) is 70.0 Å². The molecule has 0 spiro atoms. The van der Waals surface area contributed by atoms with Gasteiger partial charge in [0.25, 0.3) is 0 Å². The van der Waals surface area contributed by atoms with Gasteiger partial charge in [0.2, 0.25) is 0 Å². The monoisotopic (exact) mass is 473 g/mol. The average Bonchev–Trinajstić information content (AvgIpc) is 3.08. The summed E-state index contributed by atoms with van der Waals surface area (Å²) >= 11 is 0. The van der Waals surface area contributed by atoms with Crippen molar-refractivity contribution in [3.05, 3.63) is 0 Å². The normalized spacial score (nSPS) is 56.9. The van der Waals surface area contributed by atoms with Crippen LogP contribution in [0.5, 0.6) is 0 Å². The number of esters is 1. The van der Waals surface area contributed by atoms with Gasteiger partial charge in [0.1, 0.15) is 6.10 Å². The van der Waals surface area contributed by atoms with Crippen LogP contribution in [0.4, 0.5) is 0 Å². The number of carbonyl (C=O) groups is 1. The lowest BCUT2D eigenvalue weighted by Gasteiger charge is -2.59. The molecule has 0 aromatic heterocycles. The zero-order valence-corrected chi connectivity index (χ0v) is 21.8. The Morgan fingerprint density at radius 1 is 0.912 bits per heavy atom. The highest BCUT2D eigenvalue weighted by molar-refractivity contribution is 5.66. The van der Waals surface area contributed by atoms with E-state index >= 15 is 0 Å². The third kappa shape index (κ3) is 3.39. The number of nitrogens with zero attached hydrogens (tertiary/aromatic N) is 1. The molecule has 5 heteroatoms.